The Balaban J connectivity index is 0.000000810. The lowest BCUT2D eigenvalue weighted by Crippen LogP contribution is -1.77. The second-order valence-electron chi connectivity index (χ2n) is 1.70. The summed E-state index contributed by atoms with van der Waals surface area (Å²) in [6, 6.07) is 6.74. The molecule has 1 rings (SSSR count). The number of phenolic OH excluding ortho intramolecular Hbond substituents is 1. The number of para-hydroxylation sites is 1. The first-order chi connectivity index (χ1) is 4.34. The molecular weight excluding hydrogens is 141 g/mol. The Morgan fingerprint density at radius 1 is 1.30 bits per heavy atom. The third kappa shape index (κ3) is 1.87. The molecule has 0 aliphatic rings. The molecule has 0 radical (unpaired) electrons. The van der Waals surface area contributed by atoms with E-state index in [1.165, 1.54) is 0 Å². The monoisotopic (exact) mass is 151 g/mol. The van der Waals surface area contributed by atoms with Crippen molar-refractivity contribution >= 4 is 23.6 Å². The van der Waals surface area contributed by atoms with E-state index in [4.69, 9.17) is 10.5 Å². The van der Waals surface area contributed by atoms with E-state index in [1.54, 1.807) is 24.3 Å². The fraction of sp³-hybridized carbons (Fsp3) is 0. The Morgan fingerprint density at radius 2 is 1.90 bits per heavy atom. The van der Waals surface area contributed by atoms with Gasteiger partial charge >= 0.3 is 0 Å². The number of phenols is 1. The van der Waals surface area contributed by atoms with Crippen LogP contribution in [0.5, 0.6) is 5.75 Å². The molecule has 52 valence electrons. The quantitative estimate of drug-likeness (QED) is 0.437. The molecule has 2 nitrogen and oxygen atoms in total. The van der Waals surface area contributed by atoms with Crippen molar-refractivity contribution < 1.29 is 5.11 Å². The van der Waals surface area contributed by atoms with Gasteiger partial charge in [0.15, 0.2) is 17.4 Å². The minimum Gasteiger partial charge on any atom is -0.507 e. The Labute approximate surface area is 70.1 Å². The lowest BCUT2D eigenvalue weighted by Gasteiger charge is -1.92. The predicted octanol–water partition coefficient (Wildman–Crippen LogP) is 0.206. The maximum atomic E-state index is 8.96. The molecule has 0 atom stereocenters. The summed E-state index contributed by atoms with van der Waals surface area (Å²) in [4.78, 5) is 0. The number of hydrogen-bond donors (Lipinski definition) is 2. The third-order valence-corrected chi connectivity index (χ3v) is 1.09. The number of rotatable bonds is 1. The van der Waals surface area contributed by atoms with Gasteiger partial charge in [0.25, 0.3) is 0 Å². The number of nitrogens with one attached hydrogen (secondary N) is 1. The Bertz CT molecular complexity index is 225. The molecule has 0 aliphatic carbocycles. The second kappa shape index (κ2) is 4.10. The number of hydrogen-bond acceptors (Lipinski definition) is 2. The van der Waals surface area contributed by atoms with Crippen molar-refractivity contribution in [2.75, 3.05) is 0 Å². The van der Waals surface area contributed by atoms with Crippen LogP contribution < -0.4 is 0 Å². The maximum Gasteiger partial charge on any atom is 0.187 e. The summed E-state index contributed by atoms with van der Waals surface area (Å²) in [5, 5.41) is 15.8. The summed E-state index contributed by atoms with van der Waals surface area (Å²) in [5.41, 5.74) is 0.553. The first-order valence-electron chi connectivity index (χ1n) is 2.63. The molecule has 0 aromatic heterocycles. The van der Waals surface area contributed by atoms with E-state index >= 15 is 0 Å². The SMILES string of the molecule is N=Cc1ccccc1O.[AlH3]. The zero-order valence-corrected chi connectivity index (χ0v) is 4.83. The van der Waals surface area contributed by atoms with E-state index in [0.29, 0.717) is 5.56 Å². The standard InChI is InChI=1S/C7H7NO.Al.3H/c8-5-6-3-1-2-4-7(6)9;;;;/h1-5,8-9H;;;;. The van der Waals surface area contributed by atoms with Gasteiger partial charge in [-0.1, -0.05) is 12.1 Å². The summed E-state index contributed by atoms with van der Waals surface area (Å²) in [6.07, 6.45) is 1.12. The van der Waals surface area contributed by atoms with Crippen molar-refractivity contribution in [2.24, 2.45) is 0 Å². The van der Waals surface area contributed by atoms with Gasteiger partial charge in [0.2, 0.25) is 0 Å². The second-order valence-corrected chi connectivity index (χ2v) is 1.70. The van der Waals surface area contributed by atoms with Crippen molar-refractivity contribution in [3.05, 3.63) is 29.8 Å². The normalized spacial score (nSPS) is 8.00. The minimum atomic E-state index is 0. The largest absolute Gasteiger partial charge is 0.507 e. The molecule has 0 heterocycles. The van der Waals surface area contributed by atoms with E-state index in [-0.39, 0.29) is 23.1 Å². The number of benzene rings is 1. The zero-order valence-electron chi connectivity index (χ0n) is 4.83. The molecule has 10 heavy (non-hydrogen) atoms. The van der Waals surface area contributed by atoms with Crippen LogP contribution in [0.4, 0.5) is 0 Å². The van der Waals surface area contributed by atoms with Crippen molar-refractivity contribution in [1.82, 2.24) is 0 Å². The highest BCUT2D eigenvalue weighted by Crippen LogP contribution is 2.11. The van der Waals surface area contributed by atoms with E-state index in [1.807, 2.05) is 0 Å². The summed E-state index contributed by atoms with van der Waals surface area (Å²) >= 11 is 0. The van der Waals surface area contributed by atoms with Gasteiger partial charge in [0.05, 0.1) is 0 Å². The highest BCUT2D eigenvalue weighted by Gasteiger charge is 1.91. The molecule has 3 heteroatoms. The van der Waals surface area contributed by atoms with Gasteiger partial charge in [-0.05, 0) is 12.1 Å². The van der Waals surface area contributed by atoms with Gasteiger partial charge in [0, 0.05) is 11.8 Å². The van der Waals surface area contributed by atoms with E-state index < -0.39 is 0 Å². The van der Waals surface area contributed by atoms with Crippen LogP contribution in [-0.4, -0.2) is 28.7 Å². The van der Waals surface area contributed by atoms with Crippen LogP contribution in [0.15, 0.2) is 24.3 Å². The lowest BCUT2D eigenvalue weighted by molar-refractivity contribution is 0.474. The Morgan fingerprint density at radius 3 is 2.30 bits per heavy atom. The van der Waals surface area contributed by atoms with Gasteiger partial charge in [0.1, 0.15) is 5.75 Å². The minimum absolute atomic E-state index is 0. The average Bonchev–Trinajstić information content (AvgIpc) is 1.89. The lowest BCUT2D eigenvalue weighted by atomic mass is 10.2. The van der Waals surface area contributed by atoms with E-state index in [9.17, 15) is 0 Å². The van der Waals surface area contributed by atoms with Crippen LogP contribution in [0.25, 0.3) is 0 Å². The van der Waals surface area contributed by atoms with Crippen LogP contribution in [-0.2, 0) is 0 Å². The molecule has 2 N–H and O–H groups in total. The Kier molecular flexibility index (Phi) is 3.79. The third-order valence-electron chi connectivity index (χ3n) is 1.09. The van der Waals surface area contributed by atoms with Crippen LogP contribution >= 0.6 is 0 Å². The van der Waals surface area contributed by atoms with Crippen molar-refractivity contribution in [3.8, 4) is 5.75 Å². The molecular formula is C7H10AlNO. The molecule has 1 aromatic carbocycles. The van der Waals surface area contributed by atoms with E-state index in [2.05, 4.69) is 0 Å². The van der Waals surface area contributed by atoms with E-state index in [0.717, 1.165) is 6.21 Å². The zero-order chi connectivity index (χ0) is 6.69. The molecule has 0 unspecified atom stereocenters. The molecule has 0 amide bonds. The summed E-state index contributed by atoms with van der Waals surface area (Å²) in [6.45, 7) is 0. The summed E-state index contributed by atoms with van der Waals surface area (Å²) < 4.78 is 0. The first-order valence-corrected chi connectivity index (χ1v) is 2.63. The molecule has 0 saturated carbocycles. The number of aromatic hydroxyl groups is 1. The van der Waals surface area contributed by atoms with Crippen molar-refractivity contribution in [2.45, 2.75) is 0 Å². The fourth-order valence-electron chi connectivity index (χ4n) is 0.610. The molecule has 0 saturated heterocycles. The van der Waals surface area contributed by atoms with Gasteiger partial charge in [-0.3, -0.25) is 0 Å². The molecule has 0 fully saturated rings. The van der Waals surface area contributed by atoms with Gasteiger partial charge in [-0.15, -0.1) is 0 Å². The maximum absolute atomic E-state index is 8.96. The first kappa shape index (κ1) is 9.22. The Hall–Kier alpha value is -0.778. The molecule has 0 bridgehead atoms. The van der Waals surface area contributed by atoms with Gasteiger partial charge in [-0.25, -0.2) is 0 Å². The molecule has 1 aromatic rings. The van der Waals surface area contributed by atoms with Gasteiger partial charge in [-0.2, -0.15) is 0 Å². The van der Waals surface area contributed by atoms with Crippen LogP contribution in [0.3, 0.4) is 0 Å². The highest BCUT2D eigenvalue weighted by molar-refractivity contribution is 5.80. The van der Waals surface area contributed by atoms with Crippen LogP contribution in [0, 0.1) is 5.41 Å². The molecule has 0 aliphatic heterocycles. The molecule has 0 spiro atoms. The smallest absolute Gasteiger partial charge is 0.187 e. The average molecular weight is 151 g/mol. The summed E-state index contributed by atoms with van der Waals surface area (Å²) in [5.74, 6) is 0.160. The van der Waals surface area contributed by atoms with Crippen LogP contribution in [0.1, 0.15) is 5.56 Å². The van der Waals surface area contributed by atoms with Gasteiger partial charge < -0.3 is 10.5 Å². The topological polar surface area (TPSA) is 44.1 Å². The van der Waals surface area contributed by atoms with Crippen LogP contribution in [0.2, 0.25) is 0 Å². The fourth-order valence-corrected chi connectivity index (χ4v) is 0.610. The van der Waals surface area contributed by atoms with Crippen molar-refractivity contribution in [1.29, 1.82) is 5.41 Å². The predicted molar refractivity (Wildman–Crippen MR) is 45.9 cm³/mol. The summed E-state index contributed by atoms with van der Waals surface area (Å²) in [7, 11) is 0. The highest BCUT2D eigenvalue weighted by atomic mass is 27.0. The van der Waals surface area contributed by atoms with Crippen molar-refractivity contribution in [3.63, 3.8) is 0 Å².